The summed E-state index contributed by atoms with van der Waals surface area (Å²) in [5.41, 5.74) is 2.75. The molecule has 1 aliphatic rings. The summed E-state index contributed by atoms with van der Waals surface area (Å²) in [7, 11) is 0. The highest BCUT2D eigenvalue weighted by atomic mass is 19.4. The maximum atomic E-state index is 13.0. The SMILES string of the molecule is CC(C)(C)OC(=O)N1CCCCC1C(=O)NNc1ccccc1C(F)(F)F. The third-order valence-electron chi connectivity index (χ3n) is 3.99. The van der Waals surface area contributed by atoms with Gasteiger partial charge in [-0.2, -0.15) is 13.2 Å². The number of hydrogen-bond donors (Lipinski definition) is 2. The van der Waals surface area contributed by atoms with Gasteiger partial charge in [-0.15, -0.1) is 0 Å². The van der Waals surface area contributed by atoms with Crippen molar-refractivity contribution in [1.29, 1.82) is 0 Å². The number of amides is 2. The molecule has 0 aliphatic carbocycles. The first-order chi connectivity index (χ1) is 12.5. The van der Waals surface area contributed by atoms with Gasteiger partial charge in [-0.05, 0) is 52.2 Å². The second-order valence-corrected chi connectivity index (χ2v) is 7.34. The molecule has 0 aromatic heterocycles. The van der Waals surface area contributed by atoms with Crippen LogP contribution in [-0.2, 0) is 15.7 Å². The Morgan fingerprint density at radius 3 is 2.44 bits per heavy atom. The molecule has 0 spiro atoms. The van der Waals surface area contributed by atoms with Gasteiger partial charge in [0, 0.05) is 6.54 Å². The van der Waals surface area contributed by atoms with Crippen molar-refractivity contribution >= 4 is 17.7 Å². The second kappa shape index (κ2) is 8.06. The summed E-state index contributed by atoms with van der Waals surface area (Å²) in [5.74, 6) is -0.586. The zero-order chi connectivity index (χ0) is 20.2. The fourth-order valence-electron chi connectivity index (χ4n) is 2.79. The largest absolute Gasteiger partial charge is 0.444 e. The number of carbonyl (C=O) groups is 2. The van der Waals surface area contributed by atoms with Gasteiger partial charge in [-0.1, -0.05) is 12.1 Å². The van der Waals surface area contributed by atoms with Crippen LogP contribution in [0.1, 0.15) is 45.6 Å². The quantitative estimate of drug-likeness (QED) is 0.771. The number of likely N-dealkylation sites (tertiary alicyclic amines) is 1. The maximum absolute atomic E-state index is 13.0. The molecule has 2 rings (SSSR count). The molecule has 1 aromatic carbocycles. The molecule has 1 aliphatic heterocycles. The van der Waals surface area contributed by atoms with E-state index in [2.05, 4.69) is 10.9 Å². The van der Waals surface area contributed by atoms with E-state index in [1.54, 1.807) is 20.8 Å². The van der Waals surface area contributed by atoms with E-state index in [9.17, 15) is 22.8 Å². The Hall–Kier alpha value is -2.45. The number of nitrogens with one attached hydrogen (secondary N) is 2. The molecule has 0 radical (unpaired) electrons. The zero-order valence-corrected chi connectivity index (χ0v) is 15.5. The summed E-state index contributed by atoms with van der Waals surface area (Å²) >= 11 is 0. The van der Waals surface area contributed by atoms with Gasteiger partial charge >= 0.3 is 12.3 Å². The lowest BCUT2D eigenvalue weighted by Gasteiger charge is -2.35. The summed E-state index contributed by atoms with van der Waals surface area (Å²) in [6.45, 7) is 5.52. The van der Waals surface area contributed by atoms with Gasteiger partial charge in [0.05, 0.1) is 11.3 Å². The number of carbonyl (C=O) groups excluding carboxylic acids is 2. The molecule has 9 heteroatoms. The molecular weight excluding hydrogens is 363 g/mol. The predicted octanol–water partition coefficient (Wildman–Crippen LogP) is 3.94. The van der Waals surface area contributed by atoms with Crippen molar-refractivity contribution in [3.63, 3.8) is 0 Å². The number of piperidine rings is 1. The lowest BCUT2D eigenvalue weighted by Crippen LogP contribution is -2.54. The third-order valence-corrected chi connectivity index (χ3v) is 3.99. The van der Waals surface area contributed by atoms with Crippen LogP contribution in [0.15, 0.2) is 24.3 Å². The van der Waals surface area contributed by atoms with Crippen LogP contribution in [-0.4, -0.2) is 35.1 Å². The van der Waals surface area contributed by atoms with Crippen LogP contribution in [0.2, 0.25) is 0 Å². The van der Waals surface area contributed by atoms with E-state index in [1.165, 1.54) is 23.1 Å². The number of halogens is 3. The summed E-state index contributed by atoms with van der Waals surface area (Å²) < 4.78 is 44.4. The van der Waals surface area contributed by atoms with E-state index in [1.807, 2.05) is 0 Å². The van der Waals surface area contributed by atoms with E-state index in [4.69, 9.17) is 4.74 Å². The number of hydrazine groups is 1. The Kier molecular flexibility index (Phi) is 6.22. The molecule has 1 aromatic rings. The average Bonchev–Trinajstić information content (AvgIpc) is 2.57. The smallest absolute Gasteiger partial charge is 0.418 e. The van der Waals surface area contributed by atoms with Crippen molar-refractivity contribution in [3.05, 3.63) is 29.8 Å². The highest BCUT2D eigenvalue weighted by Crippen LogP contribution is 2.34. The Labute approximate surface area is 156 Å². The van der Waals surface area contributed by atoms with Crippen molar-refractivity contribution in [2.75, 3.05) is 12.0 Å². The van der Waals surface area contributed by atoms with Gasteiger partial charge in [0.15, 0.2) is 0 Å². The van der Waals surface area contributed by atoms with Crippen LogP contribution in [0, 0.1) is 0 Å². The summed E-state index contributed by atoms with van der Waals surface area (Å²) in [5, 5.41) is 0. The Balaban J connectivity index is 2.07. The summed E-state index contributed by atoms with van der Waals surface area (Å²) in [6, 6.07) is 4.02. The molecule has 1 saturated heterocycles. The van der Waals surface area contributed by atoms with Gasteiger partial charge in [0.1, 0.15) is 11.6 Å². The number of hydrogen-bond acceptors (Lipinski definition) is 4. The van der Waals surface area contributed by atoms with Gasteiger partial charge in [0.2, 0.25) is 0 Å². The first-order valence-corrected chi connectivity index (χ1v) is 8.71. The monoisotopic (exact) mass is 387 g/mol. The van der Waals surface area contributed by atoms with E-state index in [-0.39, 0.29) is 5.69 Å². The maximum Gasteiger partial charge on any atom is 0.418 e. The minimum absolute atomic E-state index is 0.266. The fourth-order valence-corrected chi connectivity index (χ4v) is 2.79. The summed E-state index contributed by atoms with van der Waals surface area (Å²) in [6.07, 6.45) is -3.29. The number of benzene rings is 1. The van der Waals surface area contributed by atoms with Gasteiger partial charge in [-0.25, -0.2) is 4.79 Å². The van der Waals surface area contributed by atoms with Gasteiger partial charge in [-0.3, -0.25) is 20.5 Å². The Bertz CT molecular complexity index is 686. The highest BCUT2D eigenvalue weighted by molar-refractivity contribution is 5.86. The van der Waals surface area contributed by atoms with Gasteiger partial charge < -0.3 is 4.74 Å². The second-order valence-electron chi connectivity index (χ2n) is 7.34. The minimum atomic E-state index is -4.55. The molecule has 1 heterocycles. The van der Waals surface area contributed by atoms with Crippen molar-refractivity contribution < 1.29 is 27.5 Å². The number of nitrogens with zero attached hydrogens (tertiary/aromatic N) is 1. The lowest BCUT2D eigenvalue weighted by atomic mass is 10.0. The number of anilines is 1. The third kappa shape index (κ3) is 5.77. The molecule has 2 N–H and O–H groups in total. The molecular formula is C18H24F3N3O3. The molecule has 1 unspecified atom stereocenters. The van der Waals surface area contributed by atoms with E-state index < -0.39 is 35.4 Å². The molecule has 6 nitrogen and oxygen atoms in total. The number of para-hydroxylation sites is 1. The standard InChI is InChI=1S/C18H24F3N3O3/c1-17(2,3)27-16(26)24-11-7-6-10-14(24)15(25)23-22-13-9-5-4-8-12(13)18(19,20)21/h4-5,8-9,14,22H,6-7,10-11H2,1-3H3,(H,23,25). The minimum Gasteiger partial charge on any atom is -0.444 e. The van der Waals surface area contributed by atoms with Crippen LogP contribution < -0.4 is 10.9 Å². The van der Waals surface area contributed by atoms with Crippen molar-refractivity contribution in [2.45, 2.75) is 57.9 Å². The predicted molar refractivity (Wildman–Crippen MR) is 93.8 cm³/mol. The van der Waals surface area contributed by atoms with Crippen molar-refractivity contribution in [2.24, 2.45) is 0 Å². The van der Waals surface area contributed by atoms with Crippen LogP contribution in [0.25, 0.3) is 0 Å². The lowest BCUT2D eigenvalue weighted by molar-refractivity contribution is -0.137. The highest BCUT2D eigenvalue weighted by Gasteiger charge is 2.36. The zero-order valence-electron chi connectivity index (χ0n) is 15.5. The van der Waals surface area contributed by atoms with Gasteiger partial charge in [0.25, 0.3) is 5.91 Å². The molecule has 2 amide bonds. The molecule has 0 bridgehead atoms. The Morgan fingerprint density at radius 1 is 1.15 bits per heavy atom. The summed E-state index contributed by atoms with van der Waals surface area (Å²) in [4.78, 5) is 26.2. The van der Waals surface area contributed by atoms with E-state index in [0.29, 0.717) is 13.0 Å². The molecule has 27 heavy (non-hydrogen) atoms. The van der Waals surface area contributed by atoms with E-state index >= 15 is 0 Å². The first kappa shape index (κ1) is 20.9. The van der Waals surface area contributed by atoms with Crippen molar-refractivity contribution in [1.82, 2.24) is 10.3 Å². The fraction of sp³-hybridized carbons (Fsp3) is 0.556. The topological polar surface area (TPSA) is 70.7 Å². The molecule has 1 fully saturated rings. The first-order valence-electron chi connectivity index (χ1n) is 8.71. The number of alkyl halides is 3. The Morgan fingerprint density at radius 2 is 1.81 bits per heavy atom. The molecule has 0 saturated carbocycles. The average molecular weight is 387 g/mol. The molecule has 1 atom stereocenters. The number of ether oxygens (including phenoxy) is 1. The van der Waals surface area contributed by atoms with Crippen LogP contribution in [0.4, 0.5) is 23.7 Å². The molecule has 150 valence electrons. The van der Waals surface area contributed by atoms with Crippen molar-refractivity contribution in [3.8, 4) is 0 Å². The number of rotatable bonds is 3. The van der Waals surface area contributed by atoms with Crippen LogP contribution in [0.3, 0.4) is 0 Å². The normalized spacial score (nSPS) is 18.0. The van der Waals surface area contributed by atoms with Crippen LogP contribution >= 0.6 is 0 Å². The van der Waals surface area contributed by atoms with E-state index in [0.717, 1.165) is 18.9 Å². The van der Waals surface area contributed by atoms with Crippen LogP contribution in [0.5, 0.6) is 0 Å².